The number of nitrogens with zero attached hydrogens (tertiary/aromatic N) is 2. The van der Waals surface area contributed by atoms with Gasteiger partial charge in [0.25, 0.3) is 11.8 Å². The number of amides is 2. The molecule has 152 valence electrons. The van der Waals surface area contributed by atoms with Crippen molar-refractivity contribution in [1.82, 2.24) is 5.32 Å². The van der Waals surface area contributed by atoms with E-state index >= 15 is 0 Å². The summed E-state index contributed by atoms with van der Waals surface area (Å²) in [5.41, 5.74) is 2.79. The van der Waals surface area contributed by atoms with Gasteiger partial charge in [0.05, 0.1) is 17.8 Å². The summed E-state index contributed by atoms with van der Waals surface area (Å²) in [6, 6.07) is 25.7. The molecule has 1 heterocycles. The van der Waals surface area contributed by atoms with Crippen LogP contribution in [0.5, 0.6) is 0 Å². The van der Waals surface area contributed by atoms with Crippen LogP contribution in [0.2, 0.25) is 5.02 Å². The van der Waals surface area contributed by atoms with Gasteiger partial charge in [-0.15, -0.1) is 0 Å². The van der Waals surface area contributed by atoms with Crippen LogP contribution >= 0.6 is 11.6 Å². The molecule has 5 nitrogen and oxygen atoms in total. The van der Waals surface area contributed by atoms with Crippen molar-refractivity contribution in [2.45, 2.75) is 13.1 Å². The number of para-hydroxylation sites is 1. The highest BCUT2D eigenvalue weighted by molar-refractivity contribution is 6.37. The lowest BCUT2D eigenvalue weighted by molar-refractivity contribution is -0.118. The first kappa shape index (κ1) is 20.4. The normalized spacial score (nSPS) is 14.1. The molecule has 1 aliphatic heterocycles. The highest BCUT2D eigenvalue weighted by Crippen LogP contribution is 2.39. The maximum Gasteiger partial charge on any atom is 0.263 e. The lowest BCUT2D eigenvalue weighted by Gasteiger charge is -2.18. The molecule has 6 heteroatoms. The Kier molecular flexibility index (Phi) is 5.83. The predicted octanol–water partition coefficient (Wildman–Crippen LogP) is 4.48. The molecule has 0 aromatic heterocycles. The van der Waals surface area contributed by atoms with E-state index in [9.17, 15) is 14.9 Å². The molecule has 1 aliphatic rings. The topological polar surface area (TPSA) is 73.2 Å². The minimum absolute atomic E-state index is 0.107. The molecule has 2 amide bonds. The summed E-state index contributed by atoms with van der Waals surface area (Å²) < 4.78 is 0. The standard InChI is InChI=1S/C25H18ClN3O2/c26-21-12-6-4-10-18(21)16-29-22-13-7-5-11-19(22)23(25(29)31)20(14-27)24(30)28-15-17-8-2-1-3-9-17/h1-13H,15-16H2,(H,28,30)/b23-20+. The highest BCUT2D eigenvalue weighted by atomic mass is 35.5. The zero-order chi connectivity index (χ0) is 21.8. The van der Waals surface area contributed by atoms with Gasteiger partial charge in [-0.05, 0) is 23.3 Å². The number of fused-ring (bicyclic) bond motifs is 1. The number of hydrogen-bond acceptors (Lipinski definition) is 3. The number of carbonyl (C=O) groups excluding carboxylic acids is 2. The molecule has 0 unspecified atom stereocenters. The number of rotatable bonds is 5. The number of nitrogens with one attached hydrogen (secondary N) is 1. The van der Waals surface area contributed by atoms with Gasteiger partial charge in [-0.2, -0.15) is 5.26 Å². The van der Waals surface area contributed by atoms with E-state index in [2.05, 4.69) is 5.32 Å². The summed E-state index contributed by atoms with van der Waals surface area (Å²) in [5.74, 6) is -0.975. The Morgan fingerprint density at radius 1 is 0.968 bits per heavy atom. The Balaban J connectivity index is 1.68. The third kappa shape index (κ3) is 4.07. The Morgan fingerprint density at radius 2 is 1.65 bits per heavy atom. The van der Waals surface area contributed by atoms with E-state index in [1.807, 2.05) is 60.7 Å². The second-order valence-electron chi connectivity index (χ2n) is 7.03. The summed E-state index contributed by atoms with van der Waals surface area (Å²) >= 11 is 6.29. The highest BCUT2D eigenvalue weighted by Gasteiger charge is 2.36. The molecule has 0 atom stereocenters. The van der Waals surface area contributed by atoms with E-state index in [0.29, 0.717) is 16.3 Å². The summed E-state index contributed by atoms with van der Waals surface area (Å²) in [6.45, 7) is 0.501. The summed E-state index contributed by atoms with van der Waals surface area (Å²) in [4.78, 5) is 27.7. The van der Waals surface area contributed by atoms with Crippen LogP contribution in [-0.4, -0.2) is 11.8 Å². The van der Waals surface area contributed by atoms with Crippen molar-refractivity contribution < 1.29 is 9.59 Å². The summed E-state index contributed by atoms with van der Waals surface area (Å²) in [6.07, 6.45) is 0. The number of carbonyl (C=O) groups is 2. The van der Waals surface area contributed by atoms with Crippen LogP contribution < -0.4 is 10.2 Å². The van der Waals surface area contributed by atoms with Gasteiger partial charge in [-0.3, -0.25) is 9.59 Å². The smallest absolute Gasteiger partial charge is 0.263 e. The van der Waals surface area contributed by atoms with Crippen molar-refractivity contribution in [1.29, 1.82) is 5.26 Å². The fraction of sp³-hybridized carbons (Fsp3) is 0.0800. The molecule has 0 spiro atoms. The van der Waals surface area contributed by atoms with E-state index < -0.39 is 11.8 Å². The number of nitriles is 1. The van der Waals surface area contributed by atoms with Gasteiger partial charge in [0, 0.05) is 17.1 Å². The van der Waals surface area contributed by atoms with Crippen molar-refractivity contribution in [3.05, 3.63) is 106 Å². The average molecular weight is 428 g/mol. The first-order valence-corrected chi connectivity index (χ1v) is 10.1. The molecule has 0 saturated heterocycles. The maximum absolute atomic E-state index is 13.4. The fourth-order valence-electron chi connectivity index (χ4n) is 3.56. The largest absolute Gasteiger partial charge is 0.347 e. The summed E-state index contributed by atoms with van der Waals surface area (Å²) in [7, 11) is 0. The quantitative estimate of drug-likeness (QED) is 0.482. The SMILES string of the molecule is N#C/C(C(=O)NCc1ccccc1)=C1\C(=O)N(Cc2ccccc2Cl)c2ccccc21. The van der Waals surface area contributed by atoms with E-state index in [4.69, 9.17) is 11.6 Å². The Morgan fingerprint density at radius 3 is 2.39 bits per heavy atom. The van der Waals surface area contributed by atoms with Gasteiger partial charge in [0.2, 0.25) is 0 Å². The number of anilines is 1. The molecule has 31 heavy (non-hydrogen) atoms. The Bertz CT molecular complexity index is 1230. The van der Waals surface area contributed by atoms with Crippen molar-refractivity contribution in [2.24, 2.45) is 0 Å². The van der Waals surface area contributed by atoms with Crippen molar-refractivity contribution >= 4 is 34.7 Å². The van der Waals surface area contributed by atoms with Crippen molar-refractivity contribution in [3.63, 3.8) is 0 Å². The van der Waals surface area contributed by atoms with Crippen LogP contribution in [0.25, 0.3) is 5.57 Å². The van der Waals surface area contributed by atoms with Crippen LogP contribution in [0, 0.1) is 11.3 Å². The summed E-state index contributed by atoms with van der Waals surface area (Å²) in [5, 5.41) is 13.0. The number of halogens is 1. The van der Waals surface area contributed by atoms with E-state index in [1.54, 1.807) is 29.2 Å². The van der Waals surface area contributed by atoms with Gasteiger partial charge in [-0.1, -0.05) is 78.3 Å². The first-order chi connectivity index (χ1) is 15.1. The second kappa shape index (κ2) is 8.86. The van der Waals surface area contributed by atoms with Gasteiger partial charge >= 0.3 is 0 Å². The van der Waals surface area contributed by atoms with Gasteiger partial charge in [-0.25, -0.2) is 0 Å². The fourth-order valence-corrected chi connectivity index (χ4v) is 3.76. The van der Waals surface area contributed by atoms with E-state index in [0.717, 1.165) is 11.1 Å². The lowest BCUT2D eigenvalue weighted by atomic mass is 10.0. The molecule has 3 aromatic carbocycles. The molecule has 4 rings (SSSR count). The zero-order valence-electron chi connectivity index (χ0n) is 16.5. The van der Waals surface area contributed by atoms with Crippen LogP contribution in [0.4, 0.5) is 5.69 Å². The molecular weight excluding hydrogens is 410 g/mol. The molecule has 0 bridgehead atoms. The minimum atomic E-state index is -0.580. The van der Waals surface area contributed by atoms with Gasteiger partial charge in [0.15, 0.2) is 0 Å². The predicted molar refractivity (Wildman–Crippen MR) is 120 cm³/mol. The molecule has 0 radical (unpaired) electrons. The van der Waals surface area contributed by atoms with E-state index in [1.165, 1.54) is 0 Å². The first-order valence-electron chi connectivity index (χ1n) is 9.71. The molecular formula is C25H18ClN3O2. The third-order valence-electron chi connectivity index (χ3n) is 5.09. The molecule has 3 aromatic rings. The monoisotopic (exact) mass is 427 g/mol. The lowest BCUT2D eigenvalue weighted by Crippen LogP contribution is -2.29. The maximum atomic E-state index is 13.4. The second-order valence-corrected chi connectivity index (χ2v) is 7.44. The van der Waals surface area contributed by atoms with Crippen LogP contribution in [0.1, 0.15) is 16.7 Å². The van der Waals surface area contributed by atoms with E-state index in [-0.39, 0.29) is 24.2 Å². The number of benzene rings is 3. The van der Waals surface area contributed by atoms with Gasteiger partial charge in [0.1, 0.15) is 11.6 Å². The van der Waals surface area contributed by atoms with Gasteiger partial charge < -0.3 is 10.2 Å². The molecule has 0 fully saturated rings. The van der Waals surface area contributed by atoms with Crippen molar-refractivity contribution in [2.75, 3.05) is 4.90 Å². The molecule has 0 saturated carbocycles. The number of hydrogen-bond donors (Lipinski definition) is 1. The average Bonchev–Trinajstić information content (AvgIpc) is 3.07. The third-order valence-corrected chi connectivity index (χ3v) is 5.46. The minimum Gasteiger partial charge on any atom is -0.347 e. The Hall–Kier alpha value is -3.88. The van der Waals surface area contributed by atoms with Crippen LogP contribution in [0.15, 0.2) is 84.4 Å². The van der Waals surface area contributed by atoms with Crippen LogP contribution in [0.3, 0.4) is 0 Å². The molecule has 0 aliphatic carbocycles. The molecule has 1 N–H and O–H groups in total. The Labute approximate surface area is 185 Å². The van der Waals surface area contributed by atoms with Crippen molar-refractivity contribution in [3.8, 4) is 6.07 Å². The van der Waals surface area contributed by atoms with Crippen LogP contribution in [-0.2, 0) is 22.7 Å². The zero-order valence-corrected chi connectivity index (χ0v) is 17.3.